The second-order valence-corrected chi connectivity index (χ2v) is 4.47. The normalized spacial score (nSPS) is 10.6. The average molecular weight is 250 g/mol. The van der Waals surface area contributed by atoms with Gasteiger partial charge < -0.3 is 4.42 Å². The molecule has 0 unspecified atom stereocenters. The van der Waals surface area contributed by atoms with Gasteiger partial charge in [0.1, 0.15) is 0 Å². The Morgan fingerprint density at radius 3 is 2.42 bits per heavy atom. The van der Waals surface area contributed by atoms with Crippen LogP contribution in [0.25, 0.3) is 11.5 Å². The molecule has 0 spiro atoms. The van der Waals surface area contributed by atoms with Gasteiger partial charge in [0.25, 0.3) is 0 Å². The third kappa shape index (κ3) is 2.55. The second kappa shape index (κ2) is 5.06. The zero-order valence-corrected chi connectivity index (χ0v) is 10.7. The van der Waals surface area contributed by atoms with Gasteiger partial charge >= 0.3 is 0 Å². The smallest absolute Gasteiger partial charge is 0.247 e. The Hall–Kier alpha value is -2.42. The summed E-state index contributed by atoms with van der Waals surface area (Å²) in [6.07, 6.45) is 0.673. The van der Waals surface area contributed by atoms with E-state index in [0.29, 0.717) is 18.2 Å². The lowest BCUT2D eigenvalue weighted by atomic mass is 10.1. The number of hydrogen-bond donors (Lipinski definition) is 0. The highest BCUT2D eigenvalue weighted by atomic mass is 16.4. The number of aryl methyl sites for hydroxylation is 1. The van der Waals surface area contributed by atoms with E-state index in [1.54, 1.807) is 0 Å². The van der Waals surface area contributed by atoms with Crippen LogP contribution in [0.1, 0.15) is 17.0 Å². The quantitative estimate of drug-likeness (QED) is 0.712. The molecule has 94 valence electrons. The zero-order valence-electron chi connectivity index (χ0n) is 10.7. The van der Waals surface area contributed by atoms with E-state index in [9.17, 15) is 0 Å². The minimum atomic E-state index is 0.573. The molecule has 0 aliphatic heterocycles. The predicted octanol–water partition coefficient (Wildman–Crippen LogP) is 3.64. The van der Waals surface area contributed by atoms with Crippen LogP contribution >= 0.6 is 0 Å². The first-order valence-electron chi connectivity index (χ1n) is 6.25. The van der Waals surface area contributed by atoms with E-state index in [2.05, 4.69) is 29.3 Å². The Labute approximate surface area is 111 Å². The van der Waals surface area contributed by atoms with E-state index in [0.717, 1.165) is 5.56 Å². The summed E-state index contributed by atoms with van der Waals surface area (Å²) in [6, 6.07) is 18.0. The van der Waals surface area contributed by atoms with Crippen molar-refractivity contribution in [1.29, 1.82) is 0 Å². The van der Waals surface area contributed by atoms with Crippen LogP contribution in [0.3, 0.4) is 0 Å². The summed E-state index contributed by atoms with van der Waals surface area (Å²) in [7, 11) is 0. The van der Waals surface area contributed by atoms with Crippen molar-refractivity contribution in [3.8, 4) is 11.5 Å². The van der Waals surface area contributed by atoms with Gasteiger partial charge in [-0.3, -0.25) is 0 Å². The molecule has 3 rings (SSSR count). The highest BCUT2D eigenvalue weighted by Gasteiger charge is 2.09. The molecule has 19 heavy (non-hydrogen) atoms. The van der Waals surface area contributed by atoms with Gasteiger partial charge in [-0.25, -0.2) is 0 Å². The van der Waals surface area contributed by atoms with Crippen LogP contribution in [0.15, 0.2) is 59.0 Å². The lowest BCUT2D eigenvalue weighted by Gasteiger charge is -2.01. The third-order valence-electron chi connectivity index (χ3n) is 3.09. The molecule has 0 aliphatic carbocycles. The minimum Gasteiger partial charge on any atom is -0.420 e. The van der Waals surface area contributed by atoms with Crippen LogP contribution in [0.4, 0.5) is 0 Å². The fraction of sp³-hybridized carbons (Fsp3) is 0.125. The average Bonchev–Trinajstić information content (AvgIpc) is 2.91. The minimum absolute atomic E-state index is 0.573. The van der Waals surface area contributed by atoms with E-state index in [1.165, 1.54) is 11.1 Å². The molecule has 0 amide bonds. The van der Waals surface area contributed by atoms with Gasteiger partial charge in [-0.1, -0.05) is 42.5 Å². The number of aromatic nitrogens is 2. The van der Waals surface area contributed by atoms with Gasteiger partial charge in [0.05, 0.1) is 6.42 Å². The summed E-state index contributed by atoms with van der Waals surface area (Å²) in [5, 5.41) is 8.21. The SMILES string of the molecule is Cc1ccccc1Cc1nnc(-c2ccccc2)o1. The van der Waals surface area contributed by atoms with E-state index in [1.807, 2.05) is 42.5 Å². The Morgan fingerprint density at radius 2 is 1.63 bits per heavy atom. The Bertz CT molecular complexity index is 674. The summed E-state index contributed by atoms with van der Waals surface area (Å²) in [5.74, 6) is 1.22. The second-order valence-electron chi connectivity index (χ2n) is 4.47. The fourth-order valence-electron chi connectivity index (χ4n) is 1.99. The molecule has 0 saturated heterocycles. The molecule has 2 aromatic carbocycles. The predicted molar refractivity (Wildman–Crippen MR) is 73.7 cm³/mol. The van der Waals surface area contributed by atoms with Crippen LogP contribution in [0, 0.1) is 6.92 Å². The van der Waals surface area contributed by atoms with Gasteiger partial charge in [0.15, 0.2) is 0 Å². The molecule has 3 aromatic rings. The van der Waals surface area contributed by atoms with Crippen molar-refractivity contribution in [1.82, 2.24) is 10.2 Å². The third-order valence-corrected chi connectivity index (χ3v) is 3.09. The molecular formula is C16H14N2O. The lowest BCUT2D eigenvalue weighted by molar-refractivity contribution is 0.517. The molecule has 3 nitrogen and oxygen atoms in total. The zero-order chi connectivity index (χ0) is 13.1. The van der Waals surface area contributed by atoms with Crippen molar-refractivity contribution in [3.05, 3.63) is 71.6 Å². The van der Waals surface area contributed by atoms with Gasteiger partial charge in [0, 0.05) is 5.56 Å². The van der Waals surface area contributed by atoms with Crippen molar-refractivity contribution in [3.63, 3.8) is 0 Å². The molecule has 0 fully saturated rings. The molecule has 0 atom stereocenters. The van der Waals surface area contributed by atoms with Gasteiger partial charge in [-0.15, -0.1) is 10.2 Å². The summed E-state index contributed by atoms with van der Waals surface area (Å²) < 4.78 is 5.71. The Kier molecular flexibility index (Phi) is 3.11. The standard InChI is InChI=1S/C16H14N2O/c1-12-7-5-6-10-14(12)11-15-17-18-16(19-15)13-8-3-2-4-9-13/h2-10H,11H2,1H3. The molecule has 1 aromatic heterocycles. The van der Waals surface area contributed by atoms with Crippen LogP contribution < -0.4 is 0 Å². The van der Waals surface area contributed by atoms with Gasteiger partial charge in [-0.2, -0.15) is 0 Å². The largest absolute Gasteiger partial charge is 0.420 e. The molecule has 0 bridgehead atoms. The molecule has 0 radical (unpaired) electrons. The first kappa shape index (κ1) is 11.7. The number of benzene rings is 2. The summed E-state index contributed by atoms with van der Waals surface area (Å²) in [5.41, 5.74) is 3.40. The number of hydrogen-bond acceptors (Lipinski definition) is 3. The fourth-order valence-corrected chi connectivity index (χ4v) is 1.99. The molecule has 0 saturated carbocycles. The van der Waals surface area contributed by atoms with Gasteiger partial charge in [-0.05, 0) is 30.2 Å². The van der Waals surface area contributed by atoms with Crippen molar-refractivity contribution in [2.24, 2.45) is 0 Å². The maximum Gasteiger partial charge on any atom is 0.247 e. The van der Waals surface area contributed by atoms with Crippen LogP contribution in [0.5, 0.6) is 0 Å². The highest BCUT2D eigenvalue weighted by molar-refractivity contribution is 5.51. The van der Waals surface area contributed by atoms with Crippen molar-refractivity contribution in [2.45, 2.75) is 13.3 Å². The summed E-state index contributed by atoms with van der Waals surface area (Å²) in [6.45, 7) is 2.09. The van der Waals surface area contributed by atoms with E-state index in [-0.39, 0.29) is 0 Å². The Morgan fingerprint density at radius 1 is 0.895 bits per heavy atom. The summed E-state index contributed by atoms with van der Waals surface area (Å²) >= 11 is 0. The number of nitrogens with zero attached hydrogens (tertiary/aromatic N) is 2. The van der Waals surface area contributed by atoms with Gasteiger partial charge in [0.2, 0.25) is 11.8 Å². The first-order valence-corrected chi connectivity index (χ1v) is 6.25. The van der Waals surface area contributed by atoms with Crippen molar-refractivity contribution in [2.75, 3.05) is 0 Å². The molecule has 1 heterocycles. The van der Waals surface area contributed by atoms with Crippen molar-refractivity contribution < 1.29 is 4.42 Å². The maximum absolute atomic E-state index is 5.71. The highest BCUT2D eigenvalue weighted by Crippen LogP contribution is 2.19. The van der Waals surface area contributed by atoms with E-state index < -0.39 is 0 Å². The van der Waals surface area contributed by atoms with Crippen LogP contribution in [-0.2, 0) is 6.42 Å². The molecule has 0 aliphatic rings. The topological polar surface area (TPSA) is 38.9 Å². The number of rotatable bonds is 3. The first-order chi connectivity index (χ1) is 9.33. The van der Waals surface area contributed by atoms with Crippen molar-refractivity contribution >= 4 is 0 Å². The van der Waals surface area contributed by atoms with Crippen LogP contribution in [-0.4, -0.2) is 10.2 Å². The molecule has 0 N–H and O–H groups in total. The summed E-state index contributed by atoms with van der Waals surface area (Å²) in [4.78, 5) is 0. The Balaban J connectivity index is 1.85. The molecule has 3 heteroatoms. The lowest BCUT2D eigenvalue weighted by Crippen LogP contribution is -1.91. The maximum atomic E-state index is 5.71. The molecular weight excluding hydrogens is 236 g/mol. The van der Waals surface area contributed by atoms with E-state index >= 15 is 0 Å². The van der Waals surface area contributed by atoms with E-state index in [4.69, 9.17) is 4.42 Å². The van der Waals surface area contributed by atoms with Crippen LogP contribution in [0.2, 0.25) is 0 Å². The monoisotopic (exact) mass is 250 g/mol.